The summed E-state index contributed by atoms with van der Waals surface area (Å²) in [6, 6.07) is 8.90. The van der Waals surface area contributed by atoms with Crippen molar-refractivity contribution in [3.05, 3.63) is 56.6 Å². The van der Waals surface area contributed by atoms with E-state index in [2.05, 4.69) is 5.32 Å². The first-order chi connectivity index (χ1) is 14.7. The van der Waals surface area contributed by atoms with Gasteiger partial charge in [0.15, 0.2) is 0 Å². The van der Waals surface area contributed by atoms with Crippen molar-refractivity contribution >= 4 is 42.2 Å². The zero-order chi connectivity index (χ0) is 23.0. The molecule has 2 aromatic rings. The van der Waals surface area contributed by atoms with Crippen LogP contribution < -0.4 is 10.1 Å². The van der Waals surface area contributed by atoms with Gasteiger partial charge in [0.05, 0.1) is 23.2 Å². The van der Waals surface area contributed by atoms with Gasteiger partial charge in [0.25, 0.3) is 5.69 Å². The fourth-order valence-corrected chi connectivity index (χ4v) is 4.68. The number of nitro groups is 1. The molecule has 1 N–H and O–H groups in total. The third-order valence-corrected chi connectivity index (χ3v) is 6.77. The monoisotopic (exact) mass is 490 g/mol. The highest BCUT2D eigenvalue weighted by Crippen LogP contribution is 2.53. The van der Waals surface area contributed by atoms with Crippen molar-refractivity contribution in [2.75, 3.05) is 18.5 Å². The van der Waals surface area contributed by atoms with E-state index in [1.54, 1.807) is 19.1 Å². The highest BCUT2D eigenvalue weighted by molar-refractivity contribution is 7.54. The maximum absolute atomic E-state index is 13.2. The van der Waals surface area contributed by atoms with Crippen LogP contribution in [-0.4, -0.2) is 23.9 Å². The summed E-state index contributed by atoms with van der Waals surface area (Å²) in [5.74, 6) is -0.205. The van der Waals surface area contributed by atoms with Crippen LogP contribution in [0.5, 0.6) is 11.5 Å². The van der Waals surface area contributed by atoms with E-state index in [-0.39, 0.29) is 24.6 Å². The van der Waals surface area contributed by atoms with Crippen molar-refractivity contribution in [1.29, 1.82) is 0 Å². The number of halogens is 2. The van der Waals surface area contributed by atoms with Crippen LogP contribution in [0.15, 0.2) is 36.4 Å². The van der Waals surface area contributed by atoms with Gasteiger partial charge in [-0.25, -0.2) is 0 Å². The third kappa shape index (κ3) is 7.09. The maximum Gasteiger partial charge on any atom is 0.352 e. The molecular formula is C20H25Cl2N2O6P. The molecule has 0 heterocycles. The van der Waals surface area contributed by atoms with Gasteiger partial charge in [-0.2, -0.15) is 0 Å². The number of ether oxygens (including phenoxy) is 1. The zero-order valence-electron chi connectivity index (χ0n) is 17.5. The van der Waals surface area contributed by atoms with E-state index in [1.165, 1.54) is 24.3 Å². The largest absolute Gasteiger partial charge is 0.456 e. The molecule has 0 bridgehead atoms. The summed E-state index contributed by atoms with van der Waals surface area (Å²) in [5, 5.41) is 15.2. The molecule has 0 aliphatic heterocycles. The highest BCUT2D eigenvalue weighted by Gasteiger charge is 2.34. The smallest absolute Gasteiger partial charge is 0.352 e. The van der Waals surface area contributed by atoms with Gasteiger partial charge in [-0.15, -0.1) is 0 Å². The van der Waals surface area contributed by atoms with E-state index in [0.29, 0.717) is 34.4 Å². The lowest BCUT2D eigenvalue weighted by atomic mass is 10.2. The quantitative estimate of drug-likeness (QED) is 0.186. The molecule has 0 saturated carbocycles. The topological polar surface area (TPSA) is 99.9 Å². The lowest BCUT2D eigenvalue weighted by molar-refractivity contribution is -0.384. The lowest BCUT2D eigenvalue weighted by Gasteiger charge is -2.25. The molecule has 0 radical (unpaired) electrons. The molecule has 0 aliphatic carbocycles. The second-order valence-corrected chi connectivity index (χ2v) is 9.85. The Hall–Kier alpha value is -1.83. The Balaban J connectivity index is 2.32. The SMILES string of the molecule is CCCOP(=O)(OCCC)C(C)Nc1cc(Oc2ccc(Cl)cc2Cl)ccc1[N+](=O)[O-]. The summed E-state index contributed by atoms with van der Waals surface area (Å²) in [6.45, 7) is 5.85. The highest BCUT2D eigenvalue weighted by atomic mass is 35.5. The zero-order valence-corrected chi connectivity index (χ0v) is 19.9. The Morgan fingerprint density at radius 1 is 1.10 bits per heavy atom. The molecule has 1 unspecified atom stereocenters. The van der Waals surface area contributed by atoms with Crippen LogP contribution in [0.4, 0.5) is 11.4 Å². The Bertz CT molecular complexity index is 947. The fourth-order valence-electron chi connectivity index (χ4n) is 2.54. The molecule has 8 nitrogen and oxygen atoms in total. The van der Waals surface area contributed by atoms with Gasteiger partial charge in [0.2, 0.25) is 0 Å². The molecular weight excluding hydrogens is 466 g/mol. The van der Waals surface area contributed by atoms with Crippen LogP contribution in [0.2, 0.25) is 10.0 Å². The third-order valence-electron chi connectivity index (χ3n) is 4.08. The van der Waals surface area contributed by atoms with Gasteiger partial charge in [0, 0.05) is 17.2 Å². The van der Waals surface area contributed by atoms with Crippen molar-refractivity contribution in [3.63, 3.8) is 0 Å². The van der Waals surface area contributed by atoms with E-state index < -0.39 is 18.3 Å². The van der Waals surface area contributed by atoms with Gasteiger partial charge >= 0.3 is 7.60 Å². The van der Waals surface area contributed by atoms with Crippen molar-refractivity contribution < 1.29 is 23.3 Å². The number of nitrogens with zero attached hydrogens (tertiary/aromatic N) is 1. The number of benzene rings is 2. The molecule has 1 atom stereocenters. The van der Waals surface area contributed by atoms with E-state index in [0.717, 1.165) is 0 Å². The van der Waals surface area contributed by atoms with Crippen molar-refractivity contribution in [2.24, 2.45) is 0 Å². The van der Waals surface area contributed by atoms with Crippen LogP contribution in [0.1, 0.15) is 33.6 Å². The maximum atomic E-state index is 13.2. The minimum absolute atomic E-state index is 0.112. The predicted octanol–water partition coefficient (Wildman–Crippen LogP) is 7.50. The number of hydrogen-bond donors (Lipinski definition) is 1. The fraction of sp³-hybridized carbons (Fsp3) is 0.400. The van der Waals surface area contributed by atoms with E-state index >= 15 is 0 Å². The first-order valence-electron chi connectivity index (χ1n) is 9.76. The van der Waals surface area contributed by atoms with Gasteiger partial charge in [-0.05, 0) is 44.0 Å². The Morgan fingerprint density at radius 3 is 2.29 bits per heavy atom. The van der Waals surface area contributed by atoms with E-state index in [1.807, 2.05) is 13.8 Å². The molecule has 2 aromatic carbocycles. The van der Waals surface area contributed by atoms with Crippen LogP contribution in [0.25, 0.3) is 0 Å². The Morgan fingerprint density at radius 2 is 1.74 bits per heavy atom. The minimum Gasteiger partial charge on any atom is -0.456 e. The van der Waals surface area contributed by atoms with E-state index in [9.17, 15) is 14.7 Å². The lowest BCUT2D eigenvalue weighted by Crippen LogP contribution is -2.20. The average Bonchev–Trinajstić information content (AvgIpc) is 2.72. The first-order valence-corrected chi connectivity index (χ1v) is 12.1. The van der Waals surface area contributed by atoms with Crippen molar-refractivity contribution in [1.82, 2.24) is 0 Å². The second kappa shape index (κ2) is 11.7. The van der Waals surface area contributed by atoms with Crippen LogP contribution in [-0.2, 0) is 13.6 Å². The summed E-state index contributed by atoms with van der Waals surface area (Å²) < 4.78 is 30.0. The number of nitrogens with one attached hydrogen (secondary N) is 1. The average molecular weight is 491 g/mol. The van der Waals surface area contributed by atoms with Crippen LogP contribution >= 0.6 is 30.8 Å². The van der Waals surface area contributed by atoms with Crippen molar-refractivity contribution in [2.45, 2.75) is 39.4 Å². The molecule has 0 fully saturated rings. The Kier molecular flexibility index (Phi) is 9.59. The summed E-state index contributed by atoms with van der Waals surface area (Å²) in [6.07, 6.45) is 1.30. The van der Waals surface area contributed by atoms with Crippen LogP contribution in [0, 0.1) is 10.1 Å². The van der Waals surface area contributed by atoms with Gasteiger partial charge < -0.3 is 19.1 Å². The second-order valence-electron chi connectivity index (χ2n) is 6.64. The molecule has 0 amide bonds. The summed E-state index contributed by atoms with van der Waals surface area (Å²) in [5.41, 5.74) is -0.0977. The summed E-state index contributed by atoms with van der Waals surface area (Å²) in [7, 11) is -3.56. The number of anilines is 1. The molecule has 2 rings (SSSR count). The molecule has 0 aromatic heterocycles. The minimum atomic E-state index is -3.56. The molecule has 170 valence electrons. The molecule has 11 heteroatoms. The van der Waals surface area contributed by atoms with Crippen molar-refractivity contribution in [3.8, 4) is 11.5 Å². The van der Waals surface area contributed by atoms with Gasteiger partial charge in [-0.1, -0.05) is 37.0 Å². The molecule has 0 spiro atoms. The van der Waals surface area contributed by atoms with Gasteiger partial charge in [0.1, 0.15) is 23.0 Å². The van der Waals surface area contributed by atoms with E-state index in [4.69, 9.17) is 37.0 Å². The first kappa shape index (κ1) is 25.4. The normalized spacial score (nSPS) is 12.4. The number of hydrogen-bond acceptors (Lipinski definition) is 7. The molecule has 31 heavy (non-hydrogen) atoms. The predicted molar refractivity (Wildman–Crippen MR) is 123 cm³/mol. The molecule has 0 saturated heterocycles. The number of rotatable bonds is 12. The number of nitro benzene ring substituents is 1. The standard InChI is InChI=1S/C20H25Cl2N2O6P/c1-4-10-28-31(27,29-11-5-2)14(3)23-18-13-16(7-8-19(18)24(25)26)30-20-9-6-15(21)12-17(20)22/h6-9,12-14,23H,4-5,10-11H2,1-3H3. The van der Waals surface area contributed by atoms with Crippen LogP contribution in [0.3, 0.4) is 0 Å². The summed E-state index contributed by atoms with van der Waals surface area (Å²) in [4.78, 5) is 11.0. The van der Waals surface area contributed by atoms with Gasteiger partial charge in [-0.3, -0.25) is 14.7 Å². The summed E-state index contributed by atoms with van der Waals surface area (Å²) >= 11 is 12.0. The molecule has 0 aliphatic rings. The Labute approximate surface area is 191 Å².